The van der Waals surface area contributed by atoms with Crippen molar-refractivity contribution < 1.29 is 10.2 Å². The molecular formula is C20H22N2O2. The number of rotatable bonds is 5. The number of hydrogen-bond acceptors (Lipinski definition) is 3. The van der Waals surface area contributed by atoms with Crippen LogP contribution in [0.15, 0.2) is 54.9 Å². The molecule has 0 fully saturated rings. The van der Waals surface area contributed by atoms with Crippen molar-refractivity contribution in [3.8, 4) is 17.0 Å². The molecule has 0 saturated carbocycles. The minimum absolute atomic E-state index is 0.253. The molecule has 1 heterocycles. The lowest BCUT2D eigenvalue weighted by Crippen LogP contribution is -2.11. The fraction of sp³-hybridized carbons (Fsp3) is 0.250. The van der Waals surface area contributed by atoms with Crippen molar-refractivity contribution in [1.82, 2.24) is 9.55 Å². The lowest BCUT2D eigenvalue weighted by molar-refractivity contribution is 0.193. The first-order valence-corrected chi connectivity index (χ1v) is 8.10. The molecule has 124 valence electrons. The molecular weight excluding hydrogens is 300 g/mol. The molecule has 0 aliphatic heterocycles. The second-order valence-corrected chi connectivity index (χ2v) is 6.26. The van der Waals surface area contributed by atoms with Gasteiger partial charge in [0.25, 0.3) is 0 Å². The fourth-order valence-electron chi connectivity index (χ4n) is 2.84. The molecule has 24 heavy (non-hydrogen) atoms. The Balaban J connectivity index is 1.98. The van der Waals surface area contributed by atoms with E-state index >= 15 is 0 Å². The Bertz CT molecular complexity index is 820. The van der Waals surface area contributed by atoms with Crippen molar-refractivity contribution >= 4 is 0 Å². The molecule has 3 aromatic rings. The van der Waals surface area contributed by atoms with Gasteiger partial charge in [-0.1, -0.05) is 42.0 Å². The summed E-state index contributed by atoms with van der Waals surface area (Å²) in [7, 11) is 0. The van der Waals surface area contributed by atoms with Crippen LogP contribution in [-0.2, 0) is 13.0 Å². The van der Waals surface area contributed by atoms with E-state index in [4.69, 9.17) is 0 Å². The Morgan fingerprint density at radius 2 is 1.88 bits per heavy atom. The largest absolute Gasteiger partial charge is 0.508 e. The molecule has 0 bridgehead atoms. The lowest BCUT2D eigenvalue weighted by Gasteiger charge is -2.12. The summed E-state index contributed by atoms with van der Waals surface area (Å²) in [5.74, 6) is 0.253. The second kappa shape index (κ2) is 6.89. The maximum absolute atomic E-state index is 9.89. The van der Waals surface area contributed by atoms with Crippen molar-refractivity contribution in [3.63, 3.8) is 0 Å². The number of phenolic OH excluding ortho intramolecular Hbond substituents is 1. The average molecular weight is 322 g/mol. The topological polar surface area (TPSA) is 58.3 Å². The van der Waals surface area contributed by atoms with E-state index in [1.165, 1.54) is 5.56 Å². The average Bonchev–Trinajstić information content (AvgIpc) is 2.90. The summed E-state index contributed by atoms with van der Waals surface area (Å²) >= 11 is 0. The molecule has 2 N–H and O–H groups in total. The highest BCUT2D eigenvalue weighted by Crippen LogP contribution is 2.25. The molecule has 4 heteroatoms. The quantitative estimate of drug-likeness (QED) is 0.755. The minimum atomic E-state index is -0.450. The van der Waals surface area contributed by atoms with Gasteiger partial charge in [-0.3, -0.25) is 0 Å². The fourth-order valence-corrected chi connectivity index (χ4v) is 2.84. The van der Waals surface area contributed by atoms with E-state index in [-0.39, 0.29) is 5.75 Å². The zero-order chi connectivity index (χ0) is 17.1. The summed E-state index contributed by atoms with van der Waals surface area (Å²) in [6, 6.07) is 15.5. The van der Waals surface area contributed by atoms with Gasteiger partial charge in [0.05, 0.1) is 18.1 Å². The number of aliphatic hydroxyl groups is 1. The summed E-state index contributed by atoms with van der Waals surface area (Å²) in [4.78, 5) is 4.58. The first-order chi connectivity index (χ1) is 11.5. The zero-order valence-corrected chi connectivity index (χ0v) is 14.0. The number of imidazole rings is 1. The highest BCUT2D eigenvalue weighted by Gasteiger charge is 2.15. The van der Waals surface area contributed by atoms with Gasteiger partial charge >= 0.3 is 0 Å². The van der Waals surface area contributed by atoms with Gasteiger partial charge in [-0.25, -0.2) is 4.98 Å². The van der Waals surface area contributed by atoms with E-state index in [0.717, 1.165) is 22.5 Å². The van der Waals surface area contributed by atoms with Crippen LogP contribution < -0.4 is 0 Å². The highest BCUT2D eigenvalue weighted by atomic mass is 16.3. The van der Waals surface area contributed by atoms with Crippen LogP contribution in [0, 0.1) is 6.92 Å². The molecule has 1 aromatic heterocycles. The summed E-state index contributed by atoms with van der Waals surface area (Å²) in [6.45, 7) is 4.45. The summed E-state index contributed by atoms with van der Waals surface area (Å²) in [6.07, 6.45) is 1.88. The molecule has 0 radical (unpaired) electrons. The second-order valence-electron chi connectivity index (χ2n) is 6.26. The zero-order valence-electron chi connectivity index (χ0n) is 14.0. The van der Waals surface area contributed by atoms with Crippen LogP contribution in [0.4, 0.5) is 0 Å². The minimum Gasteiger partial charge on any atom is -0.508 e. The molecule has 4 nitrogen and oxygen atoms in total. The molecule has 3 rings (SSSR count). The van der Waals surface area contributed by atoms with Crippen molar-refractivity contribution in [2.45, 2.75) is 32.9 Å². The van der Waals surface area contributed by atoms with Crippen molar-refractivity contribution in [1.29, 1.82) is 0 Å². The molecule has 0 aliphatic rings. The molecule has 0 amide bonds. The predicted octanol–water partition coefficient (Wildman–Crippen LogP) is 3.54. The number of aryl methyl sites for hydroxylation is 1. The monoisotopic (exact) mass is 322 g/mol. The van der Waals surface area contributed by atoms with Crippen LogP contribution >= 0.6 is 0 Å². The molecule has 0 spiro atoms. The Kier molecular flexibility index (Phi) is 4.67. The number of aliphatic hydroxyl groups excluding tert-OH is 1. The maximum atomic E-state index is 9.89. The van der Waals surface area contributed by atoms with Crippen molar-refractivity contribution in [3.05, 3.63) is 71.7 Å². The van der Waals surface area contributed by atoms with Gasteiger partial charge in [-0.15, -0.1) is 0 Å². The third kappa shape index (κ3) is 3.66. The molecule has 1 unspecified atom stereocenters. The number of phenols is 1. The van der Waals surface area contributed by atoms with E-state index < -0.39 is 6.10 Å². The lowest BCUT2D eigenvalue weighted by atomic mass is 10.0. The van der Waals surface area contributed by atoms with E-state index in [9.17, 15) is 10.2 Å². The summed E-state index contributed by atoms with van der Waals surface area (Å²) < 4.78 is 2.04. The number of aromatic hydroxyl groups is 1. The van der Waals surface area contributed by atoms with Crippen LogP contribution in [0.25, 0.3) is 11.3 Å². The van der Waals surface area contributed by atoms with Gasteiger partial charge in [-0.2, -0.15) is 0 Å². The van der Waals surface area contributed by atoms with Gasteiger partial charge in [0, 0.05) is 24.2 Å². The predicted molar refractivity (Wildman–Crippen MR) is 95.0 cm³/mol. The van der Waals surface area contributed by atoms with Crippen molar-refractivity contribution in [2.24, 2.45) is 0 Å². The van der Waals surface area contributed by atoms with Crippen LogP contribution in [-0.4, -0.2) is 25.9 Å². The molecule has 2 aromatic carbocycles. The maximum Gasteiger partial charge on any atom is 0.115 e. The molecule has 0 aliphatic carbocycles. The number of benzene rings is 2. The van der Waals surface area contributed by atoms with Gasteiger partial charge in [0.1, 0.15) is 5.75 Å². The Hall–Kier alpha value is -2.59. The number of aromatic nitrogens is 2. The van der Waals surface area contributed by atoms with Gasteiger partial charge in [0.2, 0.25) is 0 Å². The Labute approximate surface area is 142 Å². The molecule has 1 atom stereocenters. The summed E-state index contributed by atoms with van der Waals surface area (Å²) in [5, 5.41) is 19.5. The number of hydrogen-bond donors (Lipinski definition) is 2. The van der Waals surface area contributed by atoms with E-state index in [0.29, 0.717) is 13.0 Å². The normalized spacial score (nSPS) is 12.3. The van der Waals surface area contributed by atoms with Gasteiger partial charge in [0.15, 0.2) is 0 Å². The van der Waals surface area contributed by atoms with Crippen LogP contribution in [0.3, 0.4) is 0 Å². The Morgan fingerprint density at radius 3 is 2.54 bits per heavy atom. The first kappa shape index (κ1) is 16.3. The van der Waals surface area contributed by atoms with E-state index in [2.05, 4.69) is 36.2 Å². The standard InChI is InChI=1S/C20H22N2O2/c1-14-6-8-17(9-7-14)20-19(10-15(2)23)22(13-21-20)12-16-4-3-5-18(24)11-16/h3-9,11,13,15,23-24H,10,12H2,1-2H3. The Morgan fingerprint density at radius 1 is 1.12 bits per heavy atom. The van der Waals surface area contributed by atoms with Crippen LogP contribution in [0.1, 0.15) is 23.7 Å². The van der Waals surface area contributed by atoms with Gasteiger partial charge in [-0.05, 0) is 31.5 Å². The van der Waals surface area contributed by atoms with E-state index in [1.807, 2.05) is 16.7 Å². The molecule has 0 saturated heterocycles. The smallest absolute Gasteiger partial charge is 0.115 e. The van der Waals surface area contributed by atoms with Crippen LogP contribution in [0.5, 0.6) is 5.75 Å². The van der Waals surface area contributed by atoms with Crippen molar-refractivity contribution in [2.75, 3.05) is 0 Å². The van der Waals surface area contributed by atoms with Gasteiger partial charge < -0.3 is 14.8 Å². The van der Waals surface area contributed by atoms with Crippen LogP contribution in [0.2, 0.25) is 0 Å². The summed E-state index contributed by atoms with van der Waals surface area (Å²) in [5.41, 5.74) is 5.14. The van der Waals surface area contributed by atoms with E-state index in [1.54, 1.807) is 25.4 Å². The SMILES string of the molecule is Cc1ccc(-c2ncn(Cc3cccc(O)c3)c2CC(C)O)cc1. The first-order valence-electron chi connectivity index (χ1n) is 8.10. The number of nitrogens with zero attached hydrogens (tertiary/aromatic N) is 2. The third-order valence-corrected chi connectivity index (χ3v) is 4.02. The third-order valence-electron chi connectivity index (χ3n) is 4.02. The highest BCUT2D eigenvalue weighted by molar-refractivity contribution is 5.62.